The van der Waals surface area contributed by atoms with Gasteiger partial charge in [0.2, 0.25) is 0 Å². The van der Waals surface area contributed by atoms with Gasteiger partial charge >= 0.3 is 5.97 Å². The summed E-state index contributed by atoms with van der Waals surface area (Å²) in [6, 6.07) is 0. The number of carboxylic acids is 1. The van der Waals surface area contributed by atoms with Crippen molar-refractivity contribution in [3.63, 3.8) is 0 Å². The largest absolute Gasteiger partial charge is 0.481 e. The van der Waals surface area contributed by atoms with Gasteiger partial charge in [-0.25, -0.2) is 4.39 Å². The summed E-state index contributed by atoms with van der Waals surface area (Å²) in [6.07, 6.45) is -1.05. The fourth-order valence-electron chi connectivity index (χ4n) is 0.455. The second-order valence-corrected chi connectivity index (χ2v) is 1.79. The first-order chi connectivity index (χ1) is 4.57. The predicted molar refractivity (Wildman–Crippen MR) is 33.1 cm³/mol. The molecule has 0 aromatic carbocycles. The van der Waals surface area contributed by atoms with E-state index in [1.165, 1.54) is 6.92 Å². The lowest BCUT2D eigenvalue weighted by Gasteiger charge is -2.02. The summed E-state index contributed by atoms with van der Waals surface area (Å²) in [5.74, 6) is -2.02. The first-order valence-corrected chi connectivity index (χ1v) is 2.79. The number of carboxylic acid groups (broad SMARTS) is 1. The number of hydrogen-bond acceptors (Lipinski definition) is 2. The average Bonchev–Trinajstić information content (AvgIpc) is 1.85. The molecule has 58 valence electrons. The van der Waals surface area contributed by atoms with Gasteiger partial charge < -0.3 is 10.2 Å². The SMILES string of the molecule is C/C=C(\F)[C@@H](O)CC(=O)O. The van der Waals surface area contributed by atoms with Crippen LogP contribution < -0.4 is 0 Å². The molecular formula is C6H9FO3. The van der Waals surface area contributed by atoms with Crippen LogP contribution in [-0.2, 0) is 4.79 Å². The molecule has 2 N–H and O–H groups in total. The summed E-state index contributed by atoms with van der Waals surface area (Å²) in [4.78, 5) is 9.88. The molecule has 3 nitrogen and oxygen atoms in total. The molecule has 0 saturated carbocycles. The number of halogens is 1. The summed E-state index contributed by atoms with van der Waals surface area (Å²) in [6.45, 7) is 1.39. The molecule has 0 aliphatic heterocycles. The van der Waals surface area contributed by atoms with Crippen molar-refractivity contribution in [1.82, 2.24) is 0 Å². The summed E-state index contributed by atoms with van der Waals surface area (Å²) >= 11 is 0. The molecule has 4 heteroatoms. The summed E-state index contributed by atoms with van der Waals surface area (Å²) in [5.41, 5.74) is 0. The van der Waals surface area contributed by atoms with E-state index in [4.69, 9.17) is 10.2 Å². The average molecular weight is 148 g/mol. The third kappa shape index (κ3) is 3.19. The molecule has 0 radical (unpaired) electrons. The van der Waals surface area contributed by atoms with Gasteiger partial charge in [-0.15, -0.1) is 0 Å². The Hall–Kier alpha value is -0.900. The monoisotopic (exact) mass is 148 g/mol. The van der Waals surface area contributed by atoms with Crippen LogP contribution in [0.3, 0.4) is 0 Å². The minimum Gasteiger partial charge on any atom is -0.481 e. The van der Waals surface area contributed by atoms with E-state index in [2.05, 4.69) is 0 Å². The van der Waals surface area contributed by atoms with Gasteiger partial charge in [0.1, 0.15) is 11.9 Å². The molecule has 0 aliphatic rings. The number of aliphatic carboxylic acids is 1. The van der Waals surface area contributed by atoms with Gasteiger partial charge in [0.05, 0.1) is 6.42 Å². The first kappa shape index (κ1) is 9.10. The van der Waals surface area contributed by atoms with Gasteiger partial charge in [0, 0.05) is 0 Å². The Morgan fingerprint density at radius 3 is 2.60 bits per heavy atom. The molecule has 0 fully saturated rings. The lowest BCUT2D eigenvalue weighted by molar-refractivity contribution is -0.138. The van der Waals surface area contributed by atoms with E-state index in [1.54, 1.807) is 0 Å². The Kier molecular flexibility index (Phi) is 3.64. The standard InChI is InChI=1S/C6H9FO3/c1-2-4(7)5(8)3-6(9)10/h2,5,8H,3H2,1H3,(H,9,10)/b4-2-/t5-/m0/s1. The molecule has 0 spiro atoms. The van der Waals surface area contributed by atoms with Crippen molar-refractivity contribution in [1.29, 1.82) is 0 Å². The molecule has 0 unspecified atom stereocenters. The summed E-state index contributed by atoms with van der Waals surface area (Å²) in [7, 11) is 0. The number of hydrogen-bond donors (Lipinski definition) is 2. The zero-order valence-electron chi connectivity index (χ0n) is 5.54. The Morgan fingerprint density at radius 1 is 1.80 bits per heavy atom. The highest BCUT2D eigenvalue weighted by Gasteiger charge is 2.12. The van der Waals surface area contributed by atoms with Crippen molar-refractivity contribution >= 4 is 5.97 Å². The van der Waals surface area contributed by atoms with E-state index in [1.807, 2.05) is 0 Å². The van der Waals surface area contributed by atoms with E-state index < -0.39 is 24.3 Å². The second-order valence-electron chi connectivity index (χ2n) is 1.79. The highest BCUT2D eigenvalue weighted by Crippen LogP contribution is 2.06. The van der Waals surface area contributed by atoms with Crippen LogP contribution in [0.25, 0.3) is 0 Å². The predicted octanol–water partition coefficient (Wildman–Crippen LogP) is 0.695. The molecule has 0 aromatic rings. The third-order valence-electron chi connectivity index (χ3n) is 0.962. The summed E-state index contributed by atoms with van der Waals surface area (Å²) in [5, 5.41) is 16.7. The van der Waals surface area contributed by atoms with E-state index >= 15 is 0 Å². The lowest BCUT2D eigenvalue weighted by Crippen LogP contribution is -2.13. The van der Waals surface area contributed by atoms with Crippen LogP contribution in [0.15, 0.2) is 11.9 Å². The third-order valence-corrected chi connectivity index (χ3v) is 0.962. The Bertz CT molecular complexity index is 153. The Morgan fingerprint density at radius 2 is 2.30 bits per heavy atom. The van der Waals surface area contributed by atoms with E-state index in [0.29, 0.717) is 0 Å². The lowest BCUT2D eigenvalue weighted by atomic mass is 10.2. The Balaban J connectivity index is 3.85. The normalized spacial score (nSPS) is 14.9. The highest BCUT2D eigenvalue weighted by molar-refractivity contribution is 5.67. The van der Waals surface area contributed by atoms with E-state index in [9.17, 15) is 9.18 Å². The quantitative estimate of drug-likeness (QED) is 0.619. The van der Waals surface area contributed by atoms with Crippen LogP contribution in [-0.4, -0.2) is 22.3 Å². The van der Waals surface area contributed by atoms with Crippen LogP contribution in [0, 0.1) is 0 Å². The molecule has 0 heterocycles. The number of aliphatic hydroxyl groups excluding tert-OH is 1. The number of rotatable bonds is 3. The van der Waals surface area contributed by atoms with E-state index in [0.717, 1.165) is 6.08 Å². The van der Waals surface area contributed by atoms with Gasteiger partial charge in [0.15, 0.2) is 0 Å². The summed E-state index contributed by atoms with van der Waals surface area (Å²) < 4.78 is 12.2. The van der Waals surface area contributed by atoms with Crippen molar-refractivity contribution in [2.45, 2.75) is 19.4 Å². The van der Waals surface area contributed by atoms with Crippen molar-refractivity contribution in [2.24, 2.45) is 0 Å². The number of aliphatic hydroxyl groups is 1. The fourth-order valence-corrected chi connectivity index (χ4v) is 0.455. The van der Waals surface area contributed by atoms with Crippen molar-refractivity contribution in [3.8, 4) is 0 Å². The van der Waals surface area contributed by atoms with E-state index in [-0.39, 0.29) is 0 Å². The van der Waals surface area contributed by atoms with Crippen molar-refractivity contribution in [2.75, 3.05) is 0 Å². The molecule has 0 bridgehead atoms. The van der Waals surface area contributed by atoms with Gasteiger partial charge in [-0.3, -0.25) is 4.79 Å². The van der Waals surface area contributed by atoms with Gasteiger partial charge in [-0.05, 0) is 6.92 Å². The molecule has 0 saturated heterocycles. The minimum atomic E-state index is -1.50. The molecule has 0 aromatic heterocycles. The smallest absolute Gasteiger partial charge is 0.306 e. The molecule has 1 atom stereocenters. The number of allylic oxidation sites excluding steroid dienone is 1. The maximum Gasteiger partial charge on any atom is 0.306 e. The molecule has 0 amide bonds. The van der Waals surface area contributed by atoms with Crippen LogP contribution >= 0.6 is 0 Å². The highest BCUT2D eigenvalue weighted by atomic mass is 19.1. The zero-order chi connectivity index (χ0) is 8.15. The Labute approximate surface area is 57.8 Å². The van der Waals surface area contributed by atoms with Gasteiger partial charge in [0.25, 0.3) is 0 Å². The molecule has 10 heavy (non-hydrogen) atoms. The first-order valence-electron chi connectivity index (χ1n) is 2.79. The second kappa shape index (κ2) is 4.00. The van der Waals surface area contributed by atoms with Crippen LogP contribution in [0.5, 0.6) is 0 Å². The van der Waals surface area contributed by atoms with Gasteiger partial charge in [-0.2, -0.15) is 0 Å². The van der Waals surface area contributed by atoms with Crippen LogP contribution in [0.2, 0.25) is 0 Å². The molecule has 0 aliphatic carbocycles. The molecule has 0 rings (SSSR count). The van der Waals surface area contributed by atoms with Gasteiger partial charge in [-0.1, -0.05) is 6.08 Å². The zero-order valence-corrected chi connectivity index (χ0v) is 5.54. The topological polar surface area (TPSA) is 57.5 Å². The fraction of sp³-hybridized carbons (Fsp3) is 0.500. The molecular weight excluding hydrogens is 139 g/mol. The van der Waals surface area contributed by atoms with Crippen LogP contribution in [0.4, 0.5) is 4.39 Å². The van der Waals surface area contributed by atoms with Crippen LogP contribution in [0.1, 0.15) is 13.3 Å². The maximum atomic E-state index is 12.2. The maximum absolute atomic E-state index is 12.2. The van der Waals surface area contributed by atoms with Crippen molar-refractivity contribution in [3.05, 3.63) is 11.9 Å². The number of carbonyl (C=O) groups is 1. The minimum absolute atomic E-state index is 0.587. The van der Waals surface area contributed by atoms with Crippen molar-refractivity contribution < 1.29 is 19.4 Å².